The molecule has 3 unspecified atom stereocenters. The van der Waals surface area contributed by atoms with Crippen LogP contribution in [0, 0.1) is 11.8 Å². The summed E-state index contributed by atoms with van der Waals surface area (Å²) in [6.07, 6.45) is 6.75. The maximum absolute atomic E-state index is 11.8. The highest BCUT2D eigenvalue weighted by atomic mass is 16.2. The van der Waals surface area contributed by atoms with E-state index in [-0.39, 0.29) is 5.91 Å². The fourth-order valence-corrected chi connectivity index (χ4v) is 4.73. The minimum atomic E-state index is 0.229. The number of H-pyrrole nitrogens is 1. The van der Waals surface area contributed by atoms with Crippen LogP contribution in [-0.4, -0.2) is 59.4 Å². The summed E-state index contributed by atoms with van der Waals surface area (Å²) < 4.78 is 0. The average molecular weight is 329 g/mol. The summed E-state index contributed by atoms with van der Waals surface area (Å²) in [5, 5.41) is 3.28. The van der Waals surface area contributed by atoms with Gasteiger partial charge in [0.15, 0.2) is 0 Å². The van der Waals surface area contributed by atoms with Gasteiger partial charge in [-0.25, -0.2) is 4.99 Å². The fourth-order valence-electron chi connectivity index (χ4n) is 4.73. The summed E-state index contributed by atoms with van der Waals surface area (Å²) >= 11 is 0. The Labute approximate surface area is 143 Å². The van der Waals surface area contributed by atoms with Crippen LogP contribution in [0.15, 0.2) is 17.3 Å². The van der Waals surface area contributed by atoms with E-state index in [2.05, 4.69) is 33.2 Å². The molecule has 6 heteroatoms. The lowest BCUT2D eigenvalue weighted by Crippen LogP contribution is -2.39. The zero-order valence-electron chi connectivity index (χ0n) is 14.6. The molecule has 2 aliphatic heterocycles. The number of hydrogen-bond donors (Lipinski definition) is 2. The average Bonchev–Trinajstić information content (AvgIpc) is 3.15. The maximum Gasteiger partial charge on any atom is 0.219 e. The summed E-state index contributed by atoms with van der Waals surface area (Å²) in [5.74, 6) is 3.77. The largest absolute Gasteiger partial charge is 0.356 e. The topological polar surface area (TPSA) is 63.7 Å². The van der Waals surface area contributed by atoms with Crippen molar-refractivity contribution in [2.75, 3.05) is 32.1 Å². The van der Waals surface area contributed by atoms with E-state index in [0.717, 1.165) is 43.5 Å². The molecule has 1 aliphatic carbocycles. The molecule has 1 amide bonds. The van der Waals surface area contributed by atoms with Crippen LogP contribution in [0.2, 0.25) is 0 Å². The SMILES string of the molecule is CC(=O)N1CCCC2CC(N(C)C3=NCNc4[nH]ccc43)CC2C1. The molecule has 1 saturated carbocycles. The molecular formula is C18H27N5O. The van der Waals surface area contributed by atoms with E-state index in [1.54, 1.807) is 6.92 Å². The third kappa shape index (κ3) is 2.68. The first-order chi connectivity index (χ1) is 11.6. The fraction of sp³-hybridized carbons (Fsp3) is 0.667. The van der Waals surface area contributed by atoms with Gasteiger partial charge in [0.1, 0.15) is 18.3 Å². The highest BCUT2D eigenvalue weighted by molar-refractivity contribution is 6.04. The number of aromatic nitrogens is 1. The molecule has 3 atom stereocenters. The third-order valence-corrected chi connectivity index (χ3v) is 6.07. The molecule has 3 aliphatic rings. The lowest BCUT2D eigenvalue weighted by Gasteiger charge is -2.31. The second-order valence-corrected chi connectivity index (χ2v) is 7.45. The van der Waals surface area contributed by atoms with Crippen LogP contribution in [0.3, 0.4) is 0 Å². The molecule has 0 radical (unpaired) electrons. The lowest BCUT2D eigenvalue weighted by molar-refractivity contribution is -0.129. The molecule has 130 valence electrons. The molecule has 6 nitrogen and oxygen atoms in total. The Bertz CT molecular complexity index is 652. The summed E-state index contributed by atoms with van der Waals surface area (Å²) in [4.78, 5) is 24.2. The number of nitrogens with zero attached hydrogens (tertiary/aromatic N) is 3. The zero-order valence-corrected chi connectivity index (χ0v) is 14.6. The van der Waals surface area contributed by atoms with Crippen LogP contribution in [0.1, 0.15) is 38.2 Å². The van der Waals surface area contributed by atoms with Gasteiger partial charge in [-0.3, -0.25) is 4.79 Å². The van der Waals surface area contributed by atoms with Crippen molar-refractivity contribution in [3.8, 4) is 0 Å². The number of fused-ring (bicyclic) bond motifs is 2. The van der Waals surface area contributed by atoms with Crippen molar-refractivity contribution in [1.82, 2.24) is 14.8 Å². The summed E-state index contributed by atoms with van der Waals surface area (Å²) in [5.41, 5.74) is 1.17. The van der Waals surface area contributed by atoms with Gasteiger partial charge in [0, 0.05) is 39.3 Å². The van der Waals surface area contributed by atoms with Crippen molar-refractivity contribution in [1.29, 1.82) is 0 Å². The van der Waals surface area contributed by atoms with Gasteiger partial charge in [-0.05, 0) is 43.6 Å². The van der Waals surface area contributed by atoms with Crippen LogP contribution < -0.4 is 5.32 Å². The number of rotatable bonds is 1. The molecule has 4 rings (SSSR count). The predicted molar refractivity (Wildman–Crippen MR) is 95.1 cm³/mol. The minimum absolute atomic E-state index is 0.229. The number of likely N-dealkylation sites (tertiary alicyclic amines) is 1. The van der Waals surface area contributed by atoms with Gasteiger partial charge < -0.3 is 20.1 Å². The Kier molecular flexibility index (Phi) is 3.98. The first-order valence-corrected chi connectivity index (χ1v) is 9.08. The monoisotopic (exact) mass is 329 g/mol. The van der Waals surface area contributed by atoms with Gasteiger partial charge in [-0.1, -0.05) is 0 Å². The van der Waals surface area contributed by atoms with Crippen LogP contribution in [0.5, 0.6) is 0 Å². The Morgan fingerprint density at radius 2 is 2.21 bits per heavy atom. The van der Waals surface area contributed by atoms with Crippen molar-refractivity contribution in [3.63, 3.8) is 0 Å². The molecule has 0 aromatic carbocycles. The number of carbonyl (C=O) groups is 1. The van der Waals surface area contributed by atoms with Crippen molar-refractivity contribution >= 4 is 17.6 Å². The van der Waals surface area contributed by atoms with Crippen molar-refractivity contribution in [2.45, 2.75) is 38.6 Å². The van der Waals surface area contributed by atoms with Crippen molar-refractivity contribution in [3.05, 3.63) is 17.8 Å². The van der Waals surface area contributed by atoms with Gasteiger partial charge in [-0.2, -0.15) is 0 Å². The maximum atomic E-state index is 11.8. The number of amidine groups is 1. The standard InChI is InChI=1S/C18H27N5O/c1-12(24)23-7-3-4-13-8-15(9-14(13)10-23)22(2)18-16-5-6-19-17(16)20-11-21-18/h5-6,13-15,19-20H,3-4,7-11H2,1-2H3. The third-order valence-electron chi connectivity index (χ3n) is 6.07. The van der Waals surface area contributed by atoms with E-state index in [0.29, 0.717) is 18.6 Å². The van der Waals surface area contributed by atoms with Gasteiger partial charge >= 0.3 is 0 Å². The number of hydrogen-bond acceptors (Lipinski definition) is 4. The van der Waals surface area contributed by atoms with E-state index in [1.165, 1.54) is 18.4 Å². The van der Waals surface area contributed by atoms with Crippen molar-refractivity contribution < 1.29 is 4.79 Å². The van der Waals surface area contributed by atoms with E-state index >= 15 is 0 Å². The molecule has 2 N–H and O–H groups in total. The number of amides is 1. The highest BCUT2D eigenvalue weighted by Crippen LogP contribution is 2.40. The van der Waals surface area contributed by atoms with Gasteiger partial charge in [0.2, 0.25) is 5.91 Å². The Morgan fingerprint density at radius 1 is 1.38 bits per heavy atom. The first kappa shape index (κ1) is 15.5. The van der Waals surface area contributed by atoms with Crippen LogP contribution in [0.4, 0.5) is 5.82 Å². The van der Waals surface area contributed by atoms with Crippen molar-refractivity contribution in [2.24, 2.45) is 16.8 Å². The molecule has 1 aromatic heterocycles. The molecule has 24 heavy (non-hydrogen) atoms. The number of carbonyl (C=O) groups excluding carboxylic acids is 1. The molecule has 1 aromatic rings. The van der Waals surface area contributed by atoms with Crippen LogP contribution >= 0.6 is 0 Å². The molecule has 0 bridgehead atoms. The molecule has 0 spiro atoms. The van der Waals surface area contributed by atoms with Gasteiger partial charge in [-0.15, -0.1) is 0 Å². The van der Waals surface area contributed by atoms with Gasteiger partial charge in [0.25, 0.3) is 0 Å². The number of nitrogens with one attached hydrogen (secondary N) is 2. The lowest BCUT2D eigenvalue weighted by atomic mass is 9.93. The molecule has 1 saturated heterocycles. The van der Waals surface area contributed by atoms with Crippen LogP contribution in [0.25, 0.3) is 0 Å². The van der Waals surface area contributed by atoms with Gasteiger partial charge in [0.05, 0.1) is 5.56 Å². The second kappa shape index (κ2) is 6.15. The highest BCUT2D eigenvalue weighted by Gasteiger charge is 2.39. The normalized spacial score (nSPS) is 29.2. The smallest absolute Gasteiger partial charge is 0.219 e. The predicted octanol–water partition coefficient (Wildman–Crippen LogP) is 2.11. The minimum Gasteiger partial charge on any atom is -0.356 e. The number of anilines is 1. The van der Waals surface area contributed by atoms with E-state index in [1.807, 2.05) is 6.20 Å². The number of aromatic amines is 1. The summed E-state index contributed by atoms with van der Waals surface area (Å²) in [6.45, 7) is 4.21. The Balaban J connectivity index is 1.49. The van der Waals surface area contributed by atoms with E-state index in [4.69, 9.17) is 4.99 Å². The zero-order chi connectivity index (χ0) is 16.7. The molecule has 3 heterocycles. The molecule has 2 fully saturated rings. The van der Waals surface area contributed by atoms with E-state index < -0.39 is 0 Å². The van der Waals surface area contributed by atoms with Crippen LogP contribution in [-0.2, 0) is 4.79 Å². The quantitative estimate of drug-likeness (QED) is 0.829. The van der Waals surface area contributed by atoms with E-state index in [9.17, 15) is 4.79 Å². The summed E-state index contributed by atoms with van der Waals surface area (Å²) in [7, 11) is 2.18. The molecular weight excluding hydrogens is 302 g/mol. The second-order valence-electron chi connectivity index (χ2n) is 7.45. The Hall–Kier alpha value is -1.98. The number of aliphatic imine (C=N–C) groups is 1. The summed E-state index contributed by atoms with van der Waals surface area (Å²) in [6, 6.07) is 2.62. The first-order valence-electron chi connectivity index (χ1n) is 9.08. The Morgan fingerprint density at radius 3 is 3.04 bits per heavy atom.